The zero-order valence-electron chi connectivity index (χ0n) is 22.3. The van der Waals surface area contributed by atoms with Gasteiger partial charge in [-0.15, -0.1) is 11.3 Å². The summed E-state index contributed by atoms with van der Waals surface area (Å²) in [6.07, 6.45) is 13.7. The Balaban J connectivity index is 1.17. The smallest absolute Gasteiger partial charge is 0.410 e. The molecule has 4 aliphatic rings. The molecule has 5 rings (SSSR count). The van der Waals surface area contributed by atoms with Crippen LogP contribution in [0.15, 0.2) is 5.51 Å². The summed E-state index contributed by atoms with van der Waals surface area (Å²) >= 11 is 1.45. The first-order chi connectivity index (χ1) is 17.5. The molecule has 4 heterocycles. The third kappa shape index (κ3) is 5.31. The lowest BCUT2D eigenvalue weighted by molar-refractivity contribution is -0.0385. The fraction of sp³-hybridized carbons (Fsp3) is 0.821. The van der Waals surface area contributed by atoms with Crippen LogP contribution in [0.1, 0.15) is 99.3 Å². The zero-order chi connectivity index (χ0) is 25.1. The molecule has 3 aliphatic heterocycles. The van der Waals surface area contributed by atoms with Gasteiger partial charge in [0.15, 0.2) is 0 Å². The van der Waals surface area contributed by atoms with Crippen molar-refractivity contribution in [1.82, 2.24) is 19.7 Å². The first kappa shape index (κ1) is 26.0. The van der Waals surface area contributed by atoms with E-state index in [4.69, 9.17) is 4.74 Å². The first-order valence-corrected chi connectivity index (χ1v) is 15.3. The number of amides is 2. The minimum atomic E-state index is -0.308. The second kappa shape index (κ2) is 11.4. The number of piperidine rings is 2. The summed E-state index contributed by atoms with van der Waals surface area (Å²) in [4.78, 5) is 37.8. The number of carbonyl (C=O) groups is 2. The Morgan fingerprint density at radius 2 is 1.83 bits per heavy atom. The molecule has 0 bridgehead atoms. The molecule has 8 heteroatoms. The van der Waals surface area contributed by atoms with Crippen LogP contribution in [0.25, 0.3) is 0 Å². The van der Waals surface area contributed by atoms with Gasteiger partial charge in [0, 0.05) is 51.6 Å². The van der Waals surface area contributed by atoms with Gasteiger partial charge in [-0.3, -0.25) is 9.69 Å². The molecule has 1 unspecified atom stereocenters. The monoisotopic (exact) mass is 516 g/mol. The predicted octanol–water partition coefficient (Wildman–Crippen LogP) is 5.48. The van der Waals surface area contributed by atoms with Crippen molar-refractivity contribution in [3.8, 4) is 0 Å². The number of ether oxygens (including phenoxy) is 1. The van der Waals surface area contributed by atoms with E-state index in [1.165, 1.54) is 43.4 Å². The summed E-state index contributed by atoms with van der Waals surface area (Å²) in [5.74, 6) is 0.785. The van der Waals surface area contributed by atoms with Gasteiger partial charge in [0.25, 0.3) is 5.91 Å². The lowest BCUT2D eigenvalue weighted by atomic mass is 9.80. The largest absolute Gasteiger partial charge is 0.440 e. The summed E-state index contributed by atoms with van der Waals surface area (Å²) in [6, 6.07) is 0.745. The van der Waals surface area contributed by atoms with E-state index in [9.17, 15) is 9.59 Å². The molecule has 1 aliphatic carbocycles. The van der Waals surface area contributed by atoms with Gasteiger partial charge < -0.3 is 14.5 Å². The minimum Gasteiger partial charge on any atom is -0.440 e. The Morgan fingerprint density at radius 1 is 1.11 bits per heavy atom. The number of carbonyl (C=O) groups excluding carboxylic acids is 2. The molecule has 0 N–H and O–H groups in total. The molecule has 1 spiro atoms. The highest BCUT2D eigenvalue weighted by Gasteiger charge is 2.55. The number of aryl methyl sites for hydroxylation is 1. The quantitative estimate of drug-likeness (QED) is 0.480. The molecule has 7 nitrogen and oxygen atoms in total. The average molecular weight is 517 g/mol. The highest BCUT2D eigenvalue weighted by atomic mass is 32.1. The molecule has 200 valence electrons. The molecule has 2 amide bonds. The topological polar surface area (TPSA) is 66.0 Å². The van der Waals surface area contributed by atoms with Gasteiger partial charge in [-0.1, -0.05) is 39.0 Å². The SMILES string of the molecule is CCCCC1N(CC2CCCCC2)C(=O)OC12CCN(C1CCN(C(=O)c3scnc3C)CC1)CC2. The van der Waals surface area contributed by atoms with E-state index in [1.807, 2.05) is 11.8 Å². The van der Waals surface area contributed by atoms with Gasteiger partial charge in [0.1, 0.15) is 10.5 Å². The van der Waals surface area contributed by atoms with Crippen molar-refractivity contribution >= 4 is 23.3 Å². The Kier molecular flexibility index (Phi) is 8.21. The maximum Gasteiger partial charge on any atom is 0.410 e. The lowest BCUT2D eigenvalue weighted by Gasteiger charge is -2.46. The molecule has 4 fully saturated rings. The van der Waals surface area contributed by atoms with Crippen LogP contribution >= 0.6 is 11.3 Å². The van der Waals surface area contributed by atoms with Gasteiger partial charge in [-0.2, -0.15) is 0 Å². The van der Waals surface area contributed by atoms with Crippen LogP contribution in [0.4, 0.5) is 4.79 Å². The molecule has 0 radical (unpaired) electrons. The Bertz CT molecular complexity index is 898. The van der Waals surface area contributed by atoms with Gasteiger partial charge in [0.05, 0.1) is 17.2 Å². The van der Waals surface area contributed by atoms with Crippen molar-refractivity contribution in [2.45, 2.75) is 109 Å². The standard InChI is InChI=1S/C28H44N4O3S/c1-3-4-10-24-28(35-27(34)32(24)19-22-8-6-5-7-9-22)13-17-30(18-14-28)23-11-15-31(16-12-23)26(33)25-21(2)29-20-36-25/h20,22-24H,3-19H2,1-2H3. The highest BCUT2D eigenvalue weighted by molar-refractivity contribution is 7.11. The number of hydrogen-bond donors (Lipinski definition) is 0. The Labute approximate surface area is 220 Å². The number of aromatic nitrogens is 1. The summed E-state index contributed by atoms with van der Waals surface area (Å²) < 4.78 is 6.29. The number of hydrogen-bond acceptors (Lipinski definition) is 6. The summed E-state index contributed by atoms with van der Waals surface area (Å²) in [6.45, 7) is 8.65. The Morgan fingerprint density at radius 3 is 2.47 bits per heavy atom. The van der Waals surface area contributed by atoms with E-state index in [0.29, 0.717) is 12.0 Å². The average Bonchev–Trinajstić information content (AvgIpc) is 3.44. The molecule has 36 heavy (non-hydrogen) atoms. The van der Waals surface area contributed by atoms with Crippen molar-refractivity contribution in [3.05, 3.63) is 16.1 Å². The molecule has 0 aromatic carbocycles. The number of nitrogens with zero attached hydrogens (tertiary/aromatic N) is 4. The molecule has 1 saturated carbocycles. The number of thiazole rings is 1. The van der Waals surface area contributed by atoms with E-state index < -0.39 is 0 Å². The van der Waals surface area contributed by atoms with Crippen LogP contribution in [0.2, 0.25) is 0 Å². The van der Waals surface area contributed by atoms with Crippen molar-refractivity contribution < 1.29 is 14.3 Å². The summed E-state index contributed by atoms with van der Waals surface area (Å²) in [5, 5.41) is 0. The molecule has 1 aromatic rings. The molecular formula is C28H44N4O3S. The van der Waals surface area contributed by atoms with Crippen LogP contribution in [0.3, 0.4) is 0 Å². The number of unbranched alkanes of at least 4 members (excludes halogenated alkanes) is 1. The van der Waals surface area contributed by atoms with Crippen molar-refractivity contribution in [1.29, 1.82) is 0 Å². The second-order valence-electron chi connectivity index (χ2n) is 11.6. The second-order valence-corrected chi connectivity index (χ2v) is 12.4. The third-order valence-electron chi connectivity index (χ3n) is 9.37. The van der Waals surface area contributed by atoms with E-state index in [-0.39, 0.29) is 23.6 Å². The molecule has 1 atom stereocenters. The predicted molar refractivity (Wildman–Crippen MR) is 142 cm³/mol. The third-order valence-corrected chi connectivity index (χ3v) is 10.3. The Hall–Kier alpha value is -1.67. The first-order valence-electron chi connectivity index (χ1n) is 14.4. The normalized spacial score (nSPS) is 26.1. The summed E-state index contributed by atoms with van der Waals surface area (Å²) in [5.41, 5.74) is 2.30. The van der Waals surface area contributed by atoms with Gasteiger partial charge >= 0.3 is 6.09 Å². The van der Waals surface area contributed by atoms with E-state index in [0.717, 1.165) is 88.2 Å². The lowest BCUT2D eigenvalue weighted by Crippen LogP contribution is -2.56. The van der Waals surface area contributed by atoms with Crippen LogP contribution in [-0.2, 0) is 4.74 Å². The van der Waals surface area contributed by atoms with Gasteiger partial charge in [-0.05, 0) is 44.9 Å². The van der Waals surface area contributed by atoms with E-state index >= 15 is 0 Å². The fourth-order valence-electron chi connectivity index (χ4n) is 7.17. The fourth-order valence-corrected chi connectivity index (χ4v) is 7.94. The van der Waals surface area contributed by atoms with Gasteiger partial charge in [-0.25, -0.2) is 9.78 Å². The summed E-state index contributed by atoms with van der Waals surface area (Å²) in [7, 11) is 0. The van der Waals surface area contributed by atoms with Crippen LogP contribution in [0.5, 0.6) is 0 Å². The molecule has 1 aromatic heterocycles. The number of rotatable bonds is 7. The van der Waals surface area contributed by atoms with Crippen LogP contribution in [-0.4, -0.2) is 82.1 Å². The van der Waals surface area contributed by atoms with Crippen molar-refractivity contribution in [2.24, 2.45) is 5.92 Å². The van der Waals surface area contributed by atoms with Crippen LogP contribution < -0.4 is 0 Å². The van der Waals surface area contributed by atoms with Crippen molar-refractivity contribution in [2.75, 3.05) is 32.7 Å². The minimum absolute atomic E-state index is 0.0553. The zero-order valence-corrected chi connectivity index (χ0v) is 23.1. The maximum atomic E-state index is 13.1. The van der Waals surface area contributed by atoms with Crippen LogP contribution in [0, 0.1) is 12.8 Å². The van der Waals surface area contributed by atoms with E-state index in [2.05, 4.69) is 21.7 Å². The van der Waals surface area contributed by atoms with Gasteiger partial charge in [0.2, 0.25) is 0 Å². The molecule has 3 saturated heterocycles. The molecular weight excluding hydrogens is 472 g/mol. The maximum absolute atomic E-state index is 13.1. The number of likely N-dealkylation sites (tertiary alicyclic amines) is 2. The van der Waals surface area contributed by atoms with E-state index in [1.54, 1.807) is 5.51 Å². The van der Waals surface area contributed by atoms with Crippen molar-refractivity contribution in [3.63, 3.8) is 0 Å². The highest BCUT2D eigenvalue weighted by Crippen LogP contribution is 2.43.